The van der Waals surface area contributed by atoms with Gasteiger partial charge in [0.1, 0.15) is 0 Å². The molecule has 7 nitrogen and oxygen atoms in total. The van der Waals surface area contributed by atoms with Gasteiger partial charge in [0.05, 0.1) is 12.0 Å². The number of amides is 1. The van der Waals surface area contributed by atoms with Gasteiger partial charge in [0.15, 0.2) is 10.9 Å². The third kappa shape index (κ3) is 4.83. The summed E-state index contributed by atoms with van der Waals surface area (Å²) in [6.45, 7) is 4.95. The van der Waals surface area contributed by atoms with Crippen molar-refractivity contribution in [1.29, 1.82) is 0 Å². The molecule has 1 aliphatic heterocycles. The van der Waals surface area contributed by atoms with E-state index in [1.54, 1.807) is 6.26 Å². The van der Waals surface area contributed by atoms with Crippen molar-refractivity contribution >= 4 is 35.0 Å². The van der Waals surface area contributed by atoms with E-state index in [0.717, 1.165) is 35.1 Å². The summed E-state index contributed by atoms with van der Waals surface area (Å²) in [6, 6.07) is 19.6. The molecular weight excluding hydrogens is 470 g/mol. The van der Waals surface area contributed by atoms with E-state index in [0.29, 0.717) is 35.6 Å². The highest BCUT2D eigenvalue weighted by molar-refractivity contribution is 7.99. The predicted octanol–water partition coefficient (Wildman–Crippen LogP) is 4.93. The van der Waals surface area contributed by atoms with Gasteiger partial charge in [-0.2, -0.15) is 0 Å². The summed E-state index contributed by atoms with van der Waals surface area (Å²) >= 11 is 7.52. The zero-order chi connectivity index (χ0) is 23.5. The van der Waals surface area contributed by atoms with Crippen LogP contribution in [0.2, 0.25) is 5.02 Å². The molecule has 0 N–H and O–H groups in total. The van der Waals surface area contributed by atoms with Crippen LogP contribution in [0.25, 0.3) is 17.3 Å². The van der Waals surface area contributed by atoms with E-state index in [4.69, 9.17) is 16.0 Å². The van der Waals surface area contributed by atoms with E-state index >= 15 is 0 Å². The molecule has 0 bridgehead atoms. The van der Waals surface area contributed by atoms with Crippen molar-refractivity contribution in [2.45, 2.75) is 12.1 Å². The van der Waals surface area contributed by atoms with Crippen molar-refractivity contribution < 1.29 is 9.21 Å². The Morgan fingerprint density at radius 3 is 2.50 bits per heavy atom. The van der Waals surface area contributed by atoms with Crippen LogP contribution in [-0.2, 0) is 4.79 Å². The fourth-order valence-corrected chi connectivity index (χ4v) is 5.00. The van der Waals surface area contributed by atoms with Crippen LogP contribution in [0.4, 0.5) is 5.69 Å². The Kier molecular flexibility index (Phi) is 6.60. The first-order valence-corrected chi connectivity index (χ1v) is 12.4. The first-order chi connectivity index (χ1) is 16.6. The number of thioether (sulfide) groups is 1. The van der Waals surface area contributed by atoms with Crippen molar-refractivity contribution in [2.24, 2.45) is 0 Å². The normalized spacial score (nSPS) is 13.9. The van der Waals surface area contributed by atoms with E-state index in [2.05, 4.69) is 15.1 Å². The third-order valence-corrected chi connectivity index (χ3v) is 6.95. The highest BCUT2D eigenvalue weighted by Crippen LogP contribution is 2.29. The Hall–Kier alpha value is -3.23. The monoisotopic (exact) mass is 493 g/mol. The Bertz CT molecular complexity index is 1260. The number of hydrogen-bond acceptors (Lipinski definition) is 6. The Balaban J connectivity index is 1.27. The van der Waals surface area contributed by atoms with Crippen LogP contribution >= 0.6 is 23.4 Å². The van der Waals surface area contributed by atoms with Crippen LogP contribution < -0.4 is 4.90 Å². The smallest absolute Gasteiger partial charge is 0.233 e. The van der Waals surface area contributed by atoms with Crippen LogP contribution in [-0.4, -0.2) is 57.5 Å². The highest BCUT2D eigenvalue weighted by atomic mass is 35.5. The summed E-state index contributed by atoms with van der Waals surface area (Å²) in [5, 5.41) is 10.1. The number of halogens is 1. The molecule has 0 atom stereocenters. The second-order valence-corrected chi connectivity index (χ2v) is 9.47. The molecule has 174 valence electrons. The van der Waals surface area contributed by atoms with E-state index in [9.17, 15) is 4.79 Å². The molecule has 1 aliphatic rings. The molecule has 1 fully saturated rings. The lowest BCUT2D eigenvalue weighted by Gasteiger charge is -2.36. The third-order valence-electron chi connectivity index (χ3n) is 5.80. The molecule has 4 aromatic rings. The number of aryl methyl sites for hydroxylation is 1. The summed E-state index contributed by atoms with van der Waals surface area (Å²) in [5.41, 5.74) is 3.18. The van der Waals surface area contributed by atoms with Crippen molar-refractivity contribution in [3.05, 3.63) is 77.5 Å². The minimum absolute atomic E-state index is 0.0914. The first kappa shape index (κ1) is 22.6. The average Bonchev–Trinajstić information content (AvgIpc) is 3.53. The maximum Gasteiger partial charge on any atom is 0.233 e. The molecule has 0 spiro atoms. The molecule has 0 aliphatic carbocycles. The Morgan fingerprint density at radius 2 is 1.79 bits per heavy atom. The zero-order valence-electron chi connectivity index (χ0n) is 18.7. The second-order valence-electron chi connectivity index (χ2n) is 8.09. The fraction of sp³-hybridized carbons (Fsp3) is 0.240. The van der Waals surface area contributed by atoms with Gasteiger partial charge in [0, 0.05) is 42.6 Å². The van der Waals surface area contributed by atoms with Crippen LogP contribution in [0.5, 0.6) is 0 Å². The zero-order valence-corrected chi connectivity index (χ0v) is 20.3. The molecule has 34 heavy (non-hydrogen) atoms. The fourth-order valence-electron chi connectivity index (χ4n) is 3.96. The number of hydrogen-bond donors (Lipinski definition) is 0. The molecule has 0 saturated carbocycles. The summed E-state index contributed by atoms with van der Waals surface area (Å²) in [5.74, 6) is 1.62. The van der Waals surface area contributed by atoms with Crippen molar-refractivity contribution in [1.82, 2.24) is 19.7 Å². The summed E-state index contributed by atoms with van der Waals surface area (Å²) < 4.78 is 7.51. The molecule has 0 radical (unpaired) electrons. The average molecular weight is 494 g/mol. The maximum atomic E-state index is 13.0. The number of rotatable bonds is 6. The van der Waals surface area contributed by atoms with Gasteiger partial charge < -0.3 is 14.2 Å². The molecule has 2 aromatic heterocycles. The number of carbonyl (C=O) groups excluding carboxylic acids is 1. The van der Waals surface area contributed by atoms with Gasteiger partial charge in [-0.25, -0.2) is 0 Å². The second kappa shape index (κ2) is 9.95. The van der Waals surface area contributed by atoms with Gasteiger partial charge in [0.2, 0.25) is 11.7 Å². The topological polar surface area (TPSA) is 67.4 Å². The molecule has 5 rings (SSSR count). The lowest BCUT2D eigenvalue weighted by Crippen LogP contribution is -2.49. The quantitative estimate of drug-likeness (QED) is 0.355. The lowest BCUT2D eigenvalue weighted by atomic mass is 10.2. The van der Waals surface area contributed by atoms with Crippen molar-refractivity contribution in [3.8, 4) is 17.3 Å². The standard InChI is InChI=1S/C25H24ClN5O2S/c1-18-7-9-20(10-8-18)31-24(22-6-3-15-33-22)27-28-25(31)34-17-23(32)30-13-11-29(12-14-30)21-5-2-4-19(26)16-21/h2-10,15-16H,11-14,17H2,1H3. The Morgan fingerprint density at radius 1 is 1.00 bits per heavy atom. The van der Waals surface area contributed by atoms with Crippen LogP contribution in [0.3, 0.4) is 0 Å². The number of nitrogens with zero attached hydrogens (tertiary/aromatic N) is 5. The van der Waals surface area contributed by atoms with Gasteiger partial charge in [-0.05, 0) is 49.4 Å². The van der Waals surface area contributed by atoms with Gasteiger partial charge >= 0.3 is 0 Å². The Labute approximate surface area is 207 Å². The van der Waals surface area contributed by atoms with E-state index in [1.165, 1.54) is 11.8 Å². The van der Waals surface area contributed by atoms with Crippen LogP contribution in [0.1, 0.15) is 5.56 Å². The molecule has 1 saturated heterocycles. The first-order valence-electron chi connectivity index (χ1n) is 11.1. The van der Waals surface area contributed by atoms with Gasteiger partial charge in [0.25, 0.3) is 0 Å². The molecule has 2 aromatic carbocycles. The van der Waals surface area contributed by atoms with Crippen molar-refractivity contribution in [2.75, 3.05) is 36.8 Å². The number of carbonyl (C=O) groups is 1. The number of furan rings is 1. The number of piperazine rings is 1. The van der Waals surface area contributed by atoms with Crippen LogP contribution in [0.15, 0.2) is 76.5 Å². The molecule has 0 unspecified atom stereocenters. The van der Waals surface area contributed by atoms with Gasteiger partial charge in [-0.1, -0.05) is 47.1 Å². The van der Waals surface area contributed by atoms with E-state index in [-0.39, 0.29) is 5.91 Å². The SMILES string of the molecule is Cc1ccc(-n2c(SCC(=O)N3CCN(c4cccc(Cl)c4)CC3)nnc2-c2ccco2)cc1. The summed E-state index contributed by atoms with van der Waals surface area (Å²) in [6.07, 6.45) is 1.61. The molecule has 9 heteroatoms. The summed E-state index contributed by atoms with van der Waals surface area (Å²) in [7, 11) is 0. The molecular formula is C25H24ClN5O2S. The van der Waals surface area contributed by atoms with E-state index < -0.39 is 0 Å². The minimum Gasteiger partial charge on any atom is -0.461 e. The number of anilines is 1. The lowest BCUT2D eigenvalue weighted by molar-refractivity contribution is -0.128. The van der Waals surface area contributed by atoms with Gasteiger partial charge in [-0.15, -0.1) is 10.2 Å². The maximum absolute atomic E-state index is 13.0. The van der Waals surface area contributed by atoms with Gasteiger partial charge in [-0.3, -0.25) is 9.36 Å². The molecule has 3 heterocycles. The summed E-state index contributed by atoms with van der Waals surface area (Å²) in [4.78, 5) is 17.2. The van der Waals surface area contributed by atoms with Crippen molar-refractivity contribution in [3.63, 3.8) is 0 Å². The molecule has 1 amide bonds. The largest absolute Gasteiger partial charge is 0.461 e. The highest BCUT2D eigenvalue weighted by Gasteiger charge is 2.23. The predicted molar refractivity (Wildman–Crippen MR) is 135 cm³/mol. The van der Waals surface area contributed by atoms with Crippen LogP contribution in [0, 0.1) is 6.92 Å². The number of benzene rings is 2. The number of aromatic nitrogens is 3. The van der Waals surface area contributed by atoms with E-state index in [1.807, 2.05) is 77.1 Å². The minimum atomic E-state index is 0.0914.